The Morgan fingerprint density at radius 2 is 2.36 bits per heavy atom. The number of nitrogens with zero attached hydrogens (tertiary/aromatic N) is 1. The highest BCUT2D eigenvalue weighted by Crippen LogP contribution is 2.19. The lowest BCUT2D eigenvalue weighted by atomic mass is 10.1. The maximum atomic E-state index is 11.2. The molecule has 1 unspecified atom stereocenters. The van der Waals surface area contributed by atoms with E-state index in [9.17, 15) is 9.90 Å². The Bertz CT molecular complexity index is 206. The average Bonchev–Trinajstić information content (AvgIpc) is 2.42. The van der Waals surface area contributed by atoms with Crippen LogP contribution in [-0.2, 0) is 4.79 Å². The van der Waals surface area contributed by atoms with Crippen LogP contribution in [0.3, 0.4) is 0 Å². The molecular weight excluding hydrogens is 184 g/mol. The number of aliphatic hydroxyl groups excluding tert-OH is 1. The topological polar surface area (TPSA) is 72.8 Å². The number of nitrogens with one attached hydrogen (secondary N) is 1. The summed E-state index contributed by atoms with van der Waals surface area (Å²) in [7, 11) is 0. The molecule has 5 heteroatoms. The van der Waals surface area contributed by atoms with Gasteiger partial charge in [-0.2, -0.15) is 0 Å². The van der Waals surface area contributed by atoms with Crippen molar-refractivity contribution >= 4 is 5.91 Å². The molecule has 1 atom stereocenters. The molecule has 0 aromatic heterocycles. The van der Waals surface area contributed by atoms with Crippen molar-refractivity contribution in [2.45, 2.75) is 18.9 Å². The zero-order chi connectivity index (χ0) is 10.6. The summed E-state index contributed by atoms with van der Waals surface area (Å²) < 4.78 is 0. The Morgan fingerprint density at radius 3 is 2.86 bits per heavy atom. The van der Waals surface area contributed by atoms with Crippen molar-refractivity contribution in [3.63, 3.8) is 0 Å². The number of hydrogen-bond donors (Lipinski definition) is 3. The molecule has 14 heavy (non-hydrogen) atoms. The Balaban J connectivity index is 2.22. The standard InChI is InChI=1S/C9H18N2O3/c1-9(14)2-4-11(7-9)6-8(13)10-3-5-12/h12,14H,2-7H2,1H3,(H,10,13). The normalized spacial score (nSPS) is 27.9. The molecule has 0 aliphatic carbocycles. The van der Waals surface area contributed by atoms with Gasteiger partial charge < -0.3 is 15.5 Å². The van der Waals surface area contributed by atoms with Gasteiger partial charge in [-0.3, -0.25) is 9.69 Å². The van der Waals surface area contributed by atoms with E-state index in [1.807, 2.05) is 4.90 Å². The molecule has 5 nitrogen and oxygen atoms in total. The van der Waals surface area contributed by atoms with Crippen LogP contribution < -0.4 is 5.32 Å². The fraction of sp³-hybridized carbons (Fsp3) is 0.889. The van der Waals surface area contributed by atoms with Gasteiger partial charge in [0.1, 0.15) is 0 Å². The molecule has 1 amide bonds. The highest BCUT2D eigenvalue weighted by molar-refractivity contribution is 5.78. The second-order valence-electron chi connectivity index (χ2n) is 4.03. The lowest BCUT2D eigenvalue weighted by molar-refractivity contribution is -0.122. The fourth-order valence-corrected chi connectivity index (χ4v) is 1.63. The molecule has 0 aromatic carbocycles. The van der Waals surface area contributed by atoms with Gasteiger partial charge in [0.05, 0.1) is 18.8 Å². The predicted molar refractivity (Wildman–Crippen MR) is 51.8 cm³/mol. The van der Waals surface area contributed by atoms with Crippen LogP contribution in [0, 0.1) is 0 Å². The number of rotatable bonds is 4. The summed E-state index contributed by atoms with van der Waals surface area (Å²) in [6.07, 6.45) is 0.709. The van der Waals surface area contributed by atoms with E-state index in [-0.39, 0.29) is 12.5 Å². The minimum Gasteiger partial charge on any atom is -0.395 e. The van der Waals surface area contributed by atoms with E-state index in [0.29, 0.717) is 26.1 Å². The third-order valence-corrected chi connectivity index (χ3v) is 2.33. The van der Waals surface area contributed by atoms with Crippen molar-refractivity contribution in [2.24, 2.45) is 0 Å². The molecule has 82 valence electrons. The van der Waals surface area contributed by atoms with E-state index < -0.39 is 5.60 Å². The summed E-state index contributed by atoms with van der Waals surface area (Å²) in [4.78, 5) is 13.1. The zero-order valence-corrected chi connectivity index (χ0v) is 8.49. The van der Waals surface area contributed by atoms with Gasteiger partial charge >= 0.3 is 0 Å². The van der Waals surface area contributed by atoms with Gasteiger partial charge in [-0.25, -0.2) is 0 Å². The fourth-order valence-electron chi connectivity index (χ4n) is 1.63. The van der Waals surface area contributed by atoms with Gasteiger partial charge in [0.25, 0.3) is 0 Å². The van der Waals surface area contributed by atoms with Crippen LogP contribution in [0.25, 0.3) is 0 Å². The lowest BCUT2D eigenvalue weighted by Gasteiger charge is -2.18. The molecule has 0 radical (unpaired) electrons. The number of carbonyl (C=O) groups is 1. The van der Waals surface area contributed by atoms with Gasteiger partial charge in [-0.15, -0.1) is 0 Å². The molecule has 1 fully saturated rings. The van der Waals surface area contributed by atoms with Crippen LogP contribution >= 0.6 is 0 Å². The third kappa shape index (κ3) is 3.61. The van der Waals surface area contributed by atoms with Crippen LogP contribution in [0.15, 0.2) is 0 Å². The predicted octanol–water partition coefficient (Wildman–Crippen LogP) is -1.45. The minimum atomic E-state index is -0.655. The van der Waals surface area contributed by atoms with E-state index in [0.717, 1.165) is 6.54 Å². The van der Waals surface area contributed by atoms with Crippen LogP contribution in [-0.4, -0.2) is 59.4 Å². The van der Waals surface area contributed by atoms with Gasteiger partial charge in [-0.05, 0) is 13.3 Å². The molecular formula is C9H18N2O3. The summed E-state index contributed by atoms with van der Waals surface area (Å²) in [6.45, 7) is 3.63. The van der Waals surface area contributed by atoms with Crippen molar-refractivity contribution in [3.8, 4) is 0 Å². The van der Waals surface area contributed by atoms with Crippen molar-refractivity contribution < 1.29 is 15.0 Å². The molecule has 0 saturated carbocycles. The van der Waals surface area contributed by atoms with Crippen LogP contribution in [0.1, 0.15) is 13.3 Å². The first kappa shape index (κ1) is 11.4. The Hall–Kier alpha value is -0.650. The summed E-state index contributed by atoms with van der Waals surface area (Å²) in [5.41, 5.74) is -0.655. The van der Waals surface area contributed by atoms with Gasteiger partial charge in [0.15, 0.2) is 0 Å². The number of aliphatic hydroxyl groups is 2. The first-order chi connectivity index (χ1) is 6.53. The lowest BCUT2D eigenvalue weighted by Crippen LogP contribution is -2.39. The molecule has 1 aliphatic rings. The average molecular weight is 202 g/mol. The van der Waals surface area contributed by atoms with E-state index in [4.69, 9.17) is 5.11 Å². The van der Waals surface area contributed by atoms with Crippen LogP contribution in [0.4, 0.5) is 0 Å². The van der Waals surface area contributed by atoms with Crippen molar-refractivity contribution in [1.82, 2.24) is 10.2 Å². The second-order valence-corrected chi connectivity index (χ2v) is 4.03. The Morgan fingerprint density at radius 1 is 1.64 bits per heavy atom. The van der Waals surface area contributed by atoms with E-state index in [1.54, 1.807) is 6.92 Å². The third-order valence-electron chi connectivity index (χ3n) is 2.33. The maximum Gasteiger partial charge on any atom is 0.234 e. The van der Waals surface area contributed by atoms with E-state index in [2.05, 4.69) is 5.32 Å². The number of amides is 1. The summed E-state index contributed by atoms with van der Waals surface area (Å²) >= 11 is 0. The highest BCUT2D eigenvalue weighted by Gasteiger charge is 2.31. The Labute approximate surface area is 83.7 Å². The molecule has 1 rings (SSSR count). The minimum absolute atomic E-state index is 0.0382. The van der Waals surface area contributed by atoms with Crippen molar-refractivity contribution in [2.75, 3.05) is 32.8 Å². The van der Waals surface area contributed by atoms with Gasteiger partial charge in [0, 0.05) is 19.6 Å². The Kier molecular flexibility index (Phi) is 3.86. The molecule has 0 aromatic rings. The molecule has 0 bridgehead atoms. The van der Waals surface area contributed by atoms with Crippen LogP contribution in [0.2, 0.25) is 0 Å². The van der Waals surface area contributed by atoms with Crippen molar-refractivity contribution in [1.29, 1.82) is 0 Å². The monoisotopic (exact) mass is 202 g/mol. The largest absolute Gasteiger partial charge is 0.395 e. The summed E-state index contributed by atoms with van der Waals surface area (Å²) in [6, 6.07) is 0. The summed E-state index contributed by atoms with van der Waals surface area (Å²) in [5, 5.41) is 20.7. The number of likely N-dealkylation sites (tertiary alicyclic amines) is 1. The highest BCUT2D eigenvalue weighted by atomic mass is 16.3. The van der Waals surface area contributed by atoms with Gasteiger partial charge in [0.2, 0.25) is 5.91 Å². The first-order valence-electron chi connectivity index (χ1n) is 4.86. The number of β-amino-alcohol motifs (C(OH)–C–C–N with tert-alkyl or cyclic N) is 1. The van der Waals surface area contributed by atoms with Crippen LogP contribution in [0.5, 0.6) is 0 Å². The molecule has 1 saturated heterocycles. The quantitative estimate of drug-likeness (QED) is 0.521. The zero-order valence-electron chi connectivity index (χ0n) is 8.49. The maximum absolute atomic E-state index is 11.2. The van der Waals surface area contributed by atoms with Crippen molar-refractivity contribution in [3.05, 3.63) is 0 Å². The molecule has 1 heterocycles. The molecule has 3 N–H and O–H groups in total. The van der Waals surface area contributed by atoms with E-state index in [1.165, 1.54) is 0 Å². The molecule has 0 spiro atoms. The number of hydrogen-bond acceptors (Lipinski definition) is 4. The second kappa shape index (κ2) is 4.72. The SMILES string of the molecule is CC1(O)CCN(CC(=O)NCCO)C1. The van der Waals surface area contributed by atoms with E-state index >= 15 is 0 Å². The summed E-state index contributed by atoms with van der Waals surface area (Å²) in [5.74, 6) is -0.100. The number of carbonyl (C=O) groups excluding carboxylic acids is 1. The van der Waals surface area contributed by atoms with Gasteiger partial charge in [-0.1, -0.05) is 0 Å². The molecule has 1 aliphatic heterocycles. The smallest absolute Gasteiger partial charge is 0.234 e. The first-order valence-corrected chi connectivity index (χ1v) is 4.86.